The van der Waals surface area contributed by atoms with Crippen molar-refractivity contribution in [2.45, 2.75) is 50.2 Å². The van der Waals surface area contributed by atoms with Gasteiger partial charge >= 0.3 is 0 Å². The lowest BCUT2D eigenvalue weighted by Crippen LogP contribution is -2.69. The second-order valence-electron chi connectivity index (χ2n) is 14.9. The van der Waals surface area contributed by atoms with Crippen LogP contribution in [0.2, 0.25) is 0 Å². The van der Waals surface area contributed by atoms with Crippen molar-refractivity contribution in [3.63, 3.8) is 0 Å². The second kappa shape index (κ2) is 13.2. The number of nitrogens with one attached hydrogen (secondary N) is 2. The van der Waals surface area contributed by atoms with E-state index in [-0.39, 0.29) is 35.3 Å². The molecule has 5 fully saturated rings. The Bertz CT molecular complexity index is 2290. The summed E-state index contributed by atoms with van der Waals surface area (Å²) in [7, 11) is 3.09. The summed E-state index contributed by atoms with van der Waals surface area (Å²) < 4.78 is 28.1. The predicted molar refractivity (Wildman–Crippen MR) is 200 cm³/mol. The van der Waals surface area contributed by atoms with E-state index < -0.39 is 6.04 Å². The van der Waals surface area contributed by atoms with Crippen LogP contribution in [-0.2, 0) is 9.59 Å². The number of nitrogens with zero attached hydrogens (tertiary/aromatic N) is 5. The van der Waals surface area contributed by atoms with Crippen LogP contribution in [-0.4, -0.2) is 90.3 Å². The quantitative estimate of drug-likeness (QED) is 0.217. The Morgan fingerprint density at radius 1 is 0.906 bits per heavy atom. The predicted octanol–water partition coefficient (Wildman–Crippen LogP) is 4.86. The topological polar surface area (TPSA) is 125 Å². The van der Waals surface area contributed by atoms with Crippen molar-refractivity contribution in [3.05, 3.63) is 77.1 Å². The Morgan fingerprint density at radius 2 is 1.64 bits per heavy atom. The van der Waals surface area contributed by atoms with Crippen molar-refractivity contribution in [2.24, 2.45) is 5.92 Å². The van der Waals surface area contributed by atoms with E-state index in [9.17, 15) is 14.4 Å². The highest BCUT2D eigenvalue weighted by molar-refractivity contribution is 6.00. The molecule has 0 spiro atoms. The van der Waals surface area contributed by atoms with Gasteiger partial charge in [-0.3, -0.25) is 24.6 Å². The fourth-order valence-corrected chi connectivity index (χ4v) is 8.95. The van der Waals surface area contributed by atoms with Crippen LogP contribution in [0.15, 0.2) is 65.7 Å². The number of hydrogen-bond donors (Lipinski definition) is 2. The number of halogens is 1. The number of hydrogen-bond acceptors (Lipinski definition) is 9. The maximum Gasteiger partial charge on any atom is 0.262 e. The molecule has 5 aliphatic rings. The molecule has 0 saturated carbocycles. The number of fused-ring (bicyclic) bond motifs is 4. The SMILES string of the molecule is COc1cc(OC)c2c(=O)[nH]c(-c3ccc(N4CCC(CN5CC6CC(C5)N6c5cc6cn(C7CCC(=O)NC7=O)cc6cc5F)CC4)cc3)nc2c1. The van der Waals surface area contributed by atoms with Crippen molar-refractivity contribution >= 4 is 44.9 Å². The van der Waals surface area contributed by atoms with Gasteiger partial charge in [-0.1, -0.05) is 0 Å². The average molecular weight is 720 g/mol. The lowest BCUT2D eigenvalue weighted by atomic mass is 9.85. The van der Waals surface area contributed by atoms with Gasteiger partial charge in [-0.05, 0) is 68.0 Å². The standard InChI is InChI=1S/C40H42FN7O5/c1-52-30-16-32-37(35(17-30)53-2)40(51)44-38(42-32)24-3-5-27(6-4-24)46-11-9-23(10-12-46)18-45-21-28-15-29(22-45)48(28)34-14-26-20-47(19-25(26)13-31(34)41)33-7-8-36(49)43-39(33)50/h3-6,13-14,16-17,19-20,23,28-29,33H,7-12,15,18,21-22H2,1-2H3,(H,42,44,51)(H,43,49,50). The van der Waals surface area contributed by atoms with Gasteiger partial charge in [-0.2, -0.15) is 0 Å². The molecule has 7 heterocycles. The number of aromatic amines is 1. The van der Waals surface area contributed by atoms with Gasteiger partial charge in [0.1, 0.15) is 34.6 Å². The number of methoxy groups -OCH3 is 2. The smallest absolute Gasteiger partial charge is 0.262 e. The zero-order valence-corrected chi connectivity index (χ0v) is 29.8. The largest absolute Gasteiger partial charge is 0.497 e. The van der Waals surface area contributed by atoms with Crippen molar-refractivity contribution in [3.8, 4) is 22.9 Å². The summed E-state index contributed by atoms with van der Waals surface area (Å²) in [5, 5.41) is 4.46. The number of piperidine rings is 3. The minimum absolute atomic E-state index is 0.231. The van der Waals surface area contributed by atoms with Crippen LogP contribution < -0.4 is 30.1 Å². The summed E-state index contributed by atoms with van der Waals surface area (Å²) in [6.45, 7) is 4.87. The van der Waals surface area contributed by atoms with E-state index in [1.165, 1.54) is 7.11 Å². The number of benzene rings is 3. The Kier molecular flexibility index (Phi) is 8.33. The number of carbonyl (C=O) groups is 2. The molecule has 10 rings (SSSR count). The van der Waals surface area contributed by atoms with Crippen molar-refractivity contribution in [2.75, 3.05) is 56.7 Å². The lowest BCUT2D eigenvalue weighted by Gasteiger charge is -2.58. The first-order valence-electron chi connectivity index (χ1n) is 18.4. The molecule has 3 unspecified atom stereocenters. The molecule has 53 heavy (non-hydrogen) atoms. The molecule has 5 saturated heterocycles. The first kappa shape index (κ1) is 33.4. The van der Waals surface area contributed by atoms with Crippen molar-refractivity contribution in [1.29, 1.82) is 0 Å². The Hall–Kier alpha value is -5.43. The first-order valence-corrected chi connectivity index (χ1v) is 18.4. The number of rotatable bonds is 8. The van der Waals surface area contributed by atoms with Crippen LogP contribution in [0.3, 0.4) is 0 Å². The van der Waals surface area contributed by atoms with Crippen LogP contribution in [0.4, 0.5) is 15.8 Å². The van der Waals surface area contributed by atoms with Gasteiger partial charge in [0.2, 0.25) is 11.8 Å². The third kappa shape index (κ3) is 6.06. The molecule has 3 aromatic carbocycles. The number of ether oxygens (including phenoxy) is 2. The normalized spacial score (nSPS) is 22.3. The fourth-order valence-electron chi connectivity index (χ4n) is 8.95. The van der Waals surface area contributed by atoms with Crippen LogP contribution in [0.25, 0.3) is 33.1 Å². The monoisotopic (exact) mass is 719 g/mol. The van der Waals surface area contributed by atoms with Crippen molar-refractivity contribution in [1.82, 2.24) is 24.8 Å². The minimum Gasteiger partial charge on any atom is -0.497 e. The van der Waals surface area contributed by atoms with E-state index in [1.54, 1.807) is 25.3 Å². The second-order valence-corrected chi connectivity index (χ2v) is 14.9. The highest BCUT2D eigenvalue weighted by atomic mass is 19.1. The van der Waals surface area contributed by atoms with Gasteiger partial charge in [0.25, 0.3) is 5.56 Å². The Balaban J connectivity index is 0.806. The minimum atomic E-state index is -0.459. The molecule has 0 aliphatic carbocycles. The maximum atomic E-state index is 15.5. The summed E-state index contributed by atoms with van der Waals surface area (Å²) in [4.78, 5) is 51.9. The zero-order valence-electron chi connectivity index (χ0n) is 29.8. The molecule has 13 heteroatoms. The summed E-state index contributed by atoms with van der Waals surface area (Å²) in [5.41, 5.74) is 2.87. The zero-order chi connectivity index (χ0) is 36.4. The van der Waals surface area contributed by atoms with Crippen LogP contribution >= 0.6 is 0 Å². The van der Waals surface area contributed by atoms with E-state index in [1.807, 2.05) is 35.2 Å². The molecule has 0 radical (unpaired) electrons. The number of anilines is 2. The van der Waals surface area contributed by atoms with E-state index in [2.05, 4.69) is 37.1 Å². The molecular weight excluding hydrogens is 677 g/mol. The number of carbonyl (C=O) groups excluding carboxylic acids is 2. The molecule has 2 bridgehead atoms. The molecule has 5 aliphatic heterocycles. The molecule has 2 aromatic heterocycles. The molecular formula is C40H42FN7O5. The van der Waals surface area contributed by atoms with E-state index >= 15 is 4.39 Å². The molecule has 2 N–H and O–H groups in total. The fraction of sp³-hybridized carbons (Fsp3) is 0.400. The third-order valence-corrected chi connectivity index (χ3v) is 11.7. The lowest BCUT2D eigenvalue weighted by molar-refractivity contribution is -0.135. The maximum absolute atomic E-state index is 15.5. The molecule has 5 aromatic rings. The van der Waals surface area contributed by atoms with E-state index in [0.29, 0.717) is 52.7 Å². The number of imide groups is 1. The average Bonchev–Trinajstić information content (AvgIpc) is 3.56. The summed E-state index contributed by atoms with van der Waals surface area (Å²) in [6.07, 6.45) is 7.75. The summed E-state index contributed by atoms with van der Waals surface area (Å²) in [5.74, 6) is 1.31. The van der Waals surface area contributed by atoms with Crippen molar-refractivity contribution < 1.29 is 23.5 Å². The van der Waals surface area contributed by atoms with Gasteiger partial charge in [-0.15, -0.1) is 0 Å². The summed E-state index contributed by atoms with van der Waals surface area (Å²) >= 11 is 0. The van der Waals surface area contributed by atoms with Gasteiger partial charge < -0.3 is 28.8 Å². The van der Waals surface area contributed by atoms with Crippen LogP contribution in [0.5, 0.6) is 11.5 Å². The molecule has 2 amide bonds. The van der Waals surface area contributed by atoms with Gasteiger partial charge in [0.15, 0.2) is 0 Å². The molecule has 274 valence electrons. The number of piperazine rings is 1. The van der Waals surface area contributed by atoms with Crippen LogP contribution in [0.1, 0.15) is 38.1 Å². The van der Waals surface area contributed by atoms with E-state index in [4.69, 9.17) is 14.5 Å². The molecule has 3 atom stereocenters. The van der Waals surface area contributed by atoms with E-state index in [0.717, 1.165) is 74.0 Å². The Labute approximate surface area is 305 Å². The highest BCUT2D eigenvalue weighted by Crippen LogP contribution is 2.41. The van der Waals surface area contributed by atoms with Crippen LogP contribution in [0, 0.1) is 11.7 Å². The number of amides is 2. The highest BCUT2D eigenvalue weighted by Gasteiger charge is 2.46. The third-order valence-electron chi connectivity index (χ3n) is 11.7. The van der Waals surface area contributed by atoms with Gasteiger partial charge in [0, 0.05) is 97.8 Å². The van der Waals surface area contributed by atoms with Gasteiger partial charge in [0.05, 0.1) is 25.4 Å². The number of aromatic nitrogens is 3. The molecule has 12 nitrogen and oxygen atoms in total. The summed E-state index contributed by atoms with van der Waals surface area (Å²) in [6, 6.07) is 15.2. The van der Waals surface area contributed by atoms with Gasteiger partial charge in [-0.25, -0.2) is 9.37 Å². The first-order chi connectivity index (χ1) is 25.7. The number of H-pyrrole nitrogens is 1. The Morgan fingerprint density at radius 3 is 2.34 bits per heavy atom.